The molecule has 0 heterocycles. The first-order valence-corrected chi connectivity index (χ1v) is 8.05. The van der Waals surface area contributed by atoms with E-state index in [9.17, 15) is 0 Å². The first-order chi connectivity index (χ1) is 10.2. The molecule has 0 radical (unpaired) electrons. The van der Waals surface area contributed by atoms with Crippen molar-refractivity contribution in [3.05, 3.63) is 36.4 Å². The molecule has 112 valence electrons. The maximum atomic E-state index is 5.45. The van der Waals surface area contributed by atoms with Crippen molar-refractivity contribution in [1.82, 2.24) is 0 Å². The fourth-order valence-corrected chi connectivity index (χ4v) is 3.92. The Morgan fingerprint density at radius 3 is 1.38 bits per heavy atom. The number of methoxy groups -OCH3 is 4. The molecule has 2 aromatic rings. The van der Waals surface area contributed by atoms with Crippen molar-refractivity contribution in [1.29, 1.82) is 0 Å². The number of benzene rings is 2. The summed E-state index contributed by atoms with van der Waals surface area (Å²) in [6.45, 7) is 0. The van der Waals surface area contributed by atoms with Crippen molar-refractivity contribution in [2.45, 2.75) is 0 Å². The molecule has 0 saturated heterocycles. The van der Waals surface area contributed by atoms with Gasteiger partial charge in [0.1, 0.15) is 0 Å². The van der Waals surface area contributed by atoms with Crippen LogP contribution in [0, 0.1) is 0 Å². The fraction of sp³-hybridized carbons (Fsp3) is 0.250. The molecule has 0 fully saturated rings. The number of hydrogen-bond donors (Lipinski definition) is 0. The van der Waals surface area contributed by atoms with E-state index in [1.165, 1.54) is 0 Å². The minimum absolute atomic E-state index is 0.0647. The molecule has 2 aromatic carbocycles. The summed E-state index contributed by atoms with van der Waals surface area (Å²) >= 11 is 0.0647. The van der Waals surface area contributed by atoms with Crippen molar-refractivity contribution in [3.63, 3.8) is 0 Å². The van der Waals surface area contributed by atoms with Crippen LogP contribution in [0.1, 0.15) is 0 Å². The van der Waals surface area contributed by atoms with Gasteiger partial charge in [0.25, 0.3) is 0 Å². The summed E-state index contributed by atoms with van der Waals surface area (Å²) in [5.41, 5.74) is 0. The Bertz CT molecular complexity index is 560. The zero-order chi connectivity index (χ0) is 15.2. The van der Waals surface area contributed by atoms with Gasteiger partial charge in [0.05, 0.1) is 0 Å². The number of ether oxygens (including phenoxy) is 4. The molecular formula is C16H18O4Se. The minimum atomic E-state index is 0.0647. The van der Waals surface area contributed by atoms with Crippen LogP contribution in [0.5, 0.6) is 23.0 Å². The molecule has 5 heteroatoms. The Morgan fingerprint density at radius 1 is 0.619 bits per heavy atom. The summed E-state index contributed by atoms with van der Waals surface area (Å²) in [4.78, 5) is 0. The van der Waals surface area contributed by atoms with Crippen LogP contribution in [0.3, 0.4) is 0 Å². The SMILES string of the molecule is COc1ccc([Se]c2ccc(OC)cc2OC)c(OC)c1. The standard InChI is InChI=1S/C16H18O4Se/c1-17-11-5-7-15(13(9-11)19-3)21-16-8-6-12(18-2)10-14(16)20-4/h5-10H,1-4H3. The van der Waals surface area contributed by atoms with E-state index in [2.05, 4.69) is 0 Å². The molecule has 2 rings (SSSR count). The van der Waals surface area contributed by atoms with Gasteiger partial charge in [-0.1, -0.05) is 0 Å². The molecule has 0 amide bonds. The second kappa shape index (κ2) is 7.25. The van der Waals surface area contributed by atoms with Gasteiger partial charge in [-0.3, -0.25) is 0 Å². The third kappa shape index (κ3) is 3.63. The Kier molecular flexibility index (Phi) is 5.37. The van der Waals surface area contributed by atoms with Crippen molar-refractivity contribution in [3.8, 4) is 23.0 Å². The number of rotatable bonds is 6. The summed E-state index contributed by atoms with van der Waals surface area (Å²) < 4.78 is 23.6. The topological polar surface area (TPSA) is 36.9 Å². The molecular weight excluding hydrogens is 335 g/mol. The molecule has 0 aliphatic heterocycles. The van der Waals surface area contributed by atoms with Gasteiger partial charge in [-0.2, -0.15) is 0 Å². The van der Waals surface area contributed by atoms with Crippen LogP contribution >= 0.6 is 0 Å². The monoisotopic (exact) mass is 354 g/mol. The zero-order valence-electron chi connectivity index (χ0n) is 12.5. The van der Waals surface area contributed by atoms with Gasteiger partial charge in [0.2, 0.25) is 0 Å². The van der Waals surface area contributed by atoms with Crippen LogP contribution in [-0.4, -0.2) is 43.4 Å². The van der Waals surface area contributed by atoms with Crippen LogP contribution < -0.4 is 27.9 Å². The van der Waals surface area contributed by atoms with Gasteiger partial charge in [-0.15, -0.1) is 0 Å². The average Bonchev–Trinajstić information content (AvgIpc) is 2.55. The molecule has 0 aliphatic carbocycles. The van der Waals surface area contributed by atoms with Gasteiger partial charge in [-0.05, 0) is 0 Å². The van der Waals surface area contributed by atoms with Gasteiger partial charge in [0, 0.05) is 0 Å². The van der Waals surface area contributed by atoms with Gasteiger partial charge in [0.15, 0.2) is 0 Å². The van der Waals surface area contributed by atoms with Crippen molar-refractivity contribution >= 4 is 23.9 Å². The molecule has 0 unspecified atom stereocenters. The maximum absolute atomic E-state index is 5.45. The van der Waals surface area contributed by atoms with Crippen LogP contribution in [0.15, 0.2) is 36.4 Å². The van der Waals surface area contributed by atoms with Crippen LogP contribution in [0.2, 0.25) is 0 Å². The van der Waals surface area contributed by atoms with E-state index in [0.717, 1.165) is 31.9 Å². The first-order valence-electron chi connectivity index (χ1n) is 6.33. The Balaban J connectivity index is 2.33. The predicted molar refractivity (Wildman–Crippen MR) is 84.1 cm³/mol. The van der Waals surface area contributed by atoms with E-state index in [-0.39, 0.29) is 15.0 Å². The van der Waals surface area contributed by atoms with Crippen LogP contribution in [0.25, 0.3) is 0 Å². The molecule has 0 atom stereocenters. The van der Waals surface area contributed by atoms with Crippen molar-refractivity contribution < 1.29 is 18.9 Å². The second-order valence-electron chi connectivity index (χ2n) is 4.14. The summed E-state index contributed by atoms with van der Waals surface area (Å²) in [6.07, 6.45) is 0. The molecule has 0 N–H and O–H groups in total. The normalized spacial score (nSPS) is 10.1. The van der Waals surface area contributed by atoms with Gasteiger partial charge < -0.3 is 0 Å². The van der Waals surface area contributed by atoms with E-state index in [1.807, 2.05) is 36.4 Å². The average molecular weight is 353 g/mol. The van der Waals surface area contributed by atoms with E-state index in [0.29, 0.717) is 0 Å². The molecule has 21 heavy (non-hydrogen) atoms. The zero-order valence-corrected chi connectivity index (χ0v) is 14.2. The predicted octanol–water partition coefficient (Wildman–Crippen LogP) is 1.38. The molecule has 0 aromatic heterocycles. The fourth-order valence-electron chi connectivity index (χ4n) is 1.84. The van der Waals surface area contributed by atoms with E-state index in [4.69, 9.17) is 18.9 Å². The second-order valence-corrected chi connectivity index (χ2v) is 6.41. The first kappa shape index (κ1) is 15.5. The Hall–Kier alpha value is -1.84. The van der Waals surface area contributed by atoms with Crippen LogP contribution in [-0.2, 0) is 0 Å². The summed E-state index contributed by atoms with van der Waals surface area (Å²) in [7, 11) is 6.62. The molecule has 0 spiro atoms. The summed E-state index contributed by atoms with van der Waals surface area (Å²) in [6, 6.07) is 11.7. The third-order valence-corrected chi connectivity index (χ3v) is 5.30. The molecule has 4 nitrogen and oxygen atoms in total. The third-order valence-electron chi connectivity index (χ3n) is 2.96. The van der Waals surface area contributed by atoms with Crippen molar-refractivity contribution in [2.75, 3.05) is 28.4 Å². The Labute approximate surface area is 131 Å². The number of hydrogen-bond acceptors (Lipinski definition) is 4. The van der Waals surface area contributed by atoms with E-state index >= 15 is 0 Å². The molecule has 0 aliphatic rings. The van der Waals surface area contributed by atoms with Crippen LogP contribution in [0.4, 0.5) is 0 Å². The van der Waals surface area contributed by atoms with Gasteiger partial charge >= 0.3 is 131 Å². The summed E-state index contributed by atoms with van der Waals surface area (Å²) in [5.74, 6) is 3.22. The summed E-state index contributed by atoms with van der Waals surface area (Å²) in [5, 5.41) is 0. The van der Waals surface area contributed by atoms with Crippen molar-refractivity contribution in [2.24, 2.45) is 0 Å². The van der Waals surface area contributed by atoms with Gasteiger partial charge in [-0.25, -0.2) is 0 Å². The molecule has 0 saturated carbocycles. The van der Waals surface area contributed by atoms with E-state index in [1.54, 1.807) is 28.4 Å². The van der Waals surface area contributed by atoms with E-state index < -0.39 is 0 Å². The molecule has 0 bridgehead atoms. The quantitative estimate of drug-likeness (QED) is 0.736. The Morgan fingerprint density at radius 2 is 1.05 bits per heavy atom.